The van der Waals surface area contributed by atoms with Gasteiger partial charge in [0, 0.05) is 31.4 Å². The monoisotopic (exact) mass is 721 g/mol. The Bertz CT molecular complexity index is 1850. The van der Waals surface area contributed by atoms with E-state index in [-0.39, 0.29) is 24.6 Å². The van der Waals surface area contributed by atoms with E-state index in [9.17, 15) is 19.1 Å². The van der Waals surface area contributed by atoms with Crippen molar-refractivity contribution < 1.29 is 33.3 Å². The average molecular weight is 723 g/mol. The van der Waals surface area contributed by atoms with E-state index in [0.29, 0.717) is 56.3 Å². The number of ether oxygens (including phenoxy) is 3. The Morgan fingerprint density at radius 1 is 0.980 bits per heavy atom. The molecule has 3 fully saturated rings. The number of hydrogen-bond acceptors (Lipinski definition) is 8. The Kier molecular flexibility index (Phi) is 11.2. The number of nitrogens with zero attached hydrogens (tertiary/aromatic N) is 2. The minimum Gasteiger partial charge on any atom is -0.493 e. The average Bonchev–Trinajstić information content (AvgIpc) is 3.12. The molecule has 3 aliphatic rings. The third kappa shape index (κ3) is 7.89. The van der Waals surface area contributed by atoms with Gasteiger partial charge >= 0.3 is 11.9 Å². The van der Waals surface area contributed by atoms with Gasteiger partial charge < -0.3 is 19.3 Å². The van der Waals surface area contributed by atoms with Crippen molar-refractivity contribution >= 4 is 35.1 Å². The fourth-order valence-electron chi connectivity index (χ4n) is 7.02. The molecule has 9 nitrogen and oxygen atoms in total. The summed E-state index contributed by atoms with van der Waals surface area (Å²) in [5.74, 6) is -1.34. The van der Waals surface area contributed by atoms with E-state index in [0.717, 1.165) is 31.5 Å². The molecule has 0 aliphatic carbocycles. The second-order valence-corrected chi connectivity index (χ2v) is 13.5. The summed E-state index contributed by atoms with van der Waals surface area (Å²) in [4.78, 5) is 32.8. The first kappa shape index (κ1) is 35.6. The molecule has 3 saturated heterocycles. The van der Waals surface area contributed by atoms with Crippen LogP contribution in [0, 0.1) is 11.7 Å². The van der Waals surface area contributed by atoms with Crippen molar-refractivity contribution in [3.63, 3.8) is 0 Å². The Morgan fingerprint density at radius 2 is 1.72 bits per heavy atom. The number of carboxylic acids is 1. The van der Waals surface area contributed by atoms with Gasteiger partial charge in [-0.1, -0.05) is 53.5 Å². The highest BCUT2D eigenvalue weighted by atomic mass is 35.5. The largest absolute Gasteiger partial charge is 0.493 e. The molecule has 262 valence electrons. The van der Waals surface area contributed by atoms with Crippen LogP contribution in [0.5, 0.6) is 11.5 Å². The lowest BCUT2D eigenvalue weighted by Crippen LogP contribution is -2.52. The molecule has 1 unspecified atom stereocenters. The first-order valence-corrected chi connectivity index (χ1v) is 17.2. The number of pyridine rings is 1. The van der Waals surface area contributed by atoms with Gasteiger partial charge in [-0.3, -0.25) is 15.2 Å². The van der Waals surface area contributed by atoms with Crippen molar-refractivity contribution in [1.82, 2.24) is 15.2 Å². The molecule has 2 bridgehead atoms. The molecule has 4 aromatic rings. The molecule has 2 N–H and O–H groups in total. The van der Waals surface area contributed by atoms with Crippen molar-refractivity contribution in [2.75, 3.05) is 33.9 Å². The summed E-state index contributed by atoms with van der Waals surface area (Å²) >= 11 is 13.1. The molecular weight excluding hydrogens is 684 g/mol. The van der Waals surface area contributed by atoms with Gasteiger partial charge in [-0.15, -0.1) is 0 Å². The molecule has 3 aromatic carbocycles. The number of nitrogens with one attached hydrogen (secondary N) is 1. The molecule has 7 rings (SSSR count). The Balaban J connectivity index is 1.35. The van der Waals surface area contributed by atoms with Crippen LogP contribution in [-0.4, -0.2) is 66.9 Å². The maximum absolute atomic E-state index is 14.4. The summed E-state index contributed by atoms with van der Waals surface area (Å²) < 4.78 is 31.5. The molecule has 3 aliphatic heterocycles. The number of esters is 1. The highest BCUT2D eigenvalue weighted by molar-refractivity contribution is 6.35. The number of methoxy groups -OCH3 is 2. The number of rotatable bonds is 13. The SMILES string of the molecule is COc1ccc([C@H](Cc2c(Cl)cncc2Cl)c2cc(CNC(C(=O)O[C@H]3CN4CCC3CC4)c3cccc(F)c3)ccc2C(=O)O)cc1OC. The van der Waals surface area contributed by atoms with E-state index in [1.54, 1.807) is 42.5 Å². The molecule has 0 saturated carbocycles. The quantitative estimate of drug-likeness (QED) is 0.140. The Morgan fingerprint density at radius 3 is 2.36 bits per heavy atom. The summed E-state index contributed by atoms with van der Waals surface area (Å²) in [7, 11) is 3.06. The predicted octanol–water partition coefficient (Wildman–Crippen LogP) is 7.09. The van der Waals surface area contributed by atoms with Crippen molar-refractivity contribution in [2.45, 2.75) is 43.9 Å². The lowest BCUT2D eigenvalue weighted by atomic mass is 9.82. The number of fused-ring (bicyclic) bond motifs is 3. The van der Waals surface area contributed by atoms with Crippen LogP contribution in [0.15, 0.2) is 73.1 Å². The Hall–Kier alpha value is -4.22. The Labute approximate surface area is 300 Å². The fraction of sp³-hybridized carbons (Fsp3) is 0.342. The van der Waals surface area contributed by atoms with Crippen LogP contribution < -0.4 is 14.8 Å². The smallest absolute Gasteiger partial charge is 0.335 e. The van der Waals surface area contributed by atoms with Gasteiger partial charge in [0.2, 0.25) is 0 Å². The molecular formula is C38H38Cl2FN3O6. The zero-order valence-electron chi connectivity index (χ0n) is 27.7. The predicted molar refractivity (Wildman–Crippen MR) is 188 cm³/mol. The highest BCUT2D eigenvalue weighted by Crippen LogP contribution is 2.39. The van der Waals surface area contributed by atoms with Gasteiger partial charge in [-0.2, -0.15) is 0 Å². The number of benzene rings is 3. The summed E-state index contributed by atoms with van der Waals surface area (Å²) in [6.45, 7) is 2.85. The van der Waals surface area contributed by atoms with E-state index in [2.05, 4.69) is 15.2 Å². The van der Waals surface area contributed by atoms with E-state index in [4.69, 9.17) is 37.4 Å². The number of carbonyl (C=O) groups is 2. The lowest BCUT2D eigenvalue weighted by Gasteiger charge is -2.44. The van der Waals surface area contributed by atoms with Gasteiger partial charge in [0.1, 0.15) is 18.0 Å². The van der Waals surface area contributed by atoms with Crippen LogP contribution in [0.2, 0.25) is 10.0 Å². The number of halogens is 3. The summed E-state index contributed by atoms with van der Waals surface area (Å²) in [6.07, 6.45) is 4.96. The second kappa shape index (κ2) is 15.8. The summed E-state index contributed by atoms with van der Waals surface area (Å²) in [5.41, 5.74) is 3.04. The molecule has 1 aromatic heterocycles. The maximum Gasteiger partial charge on any atom is 0.335 e. The number of hydrogen-bond donors (Lipinski definition) is 2. The van der Waals surface area contributed by atoms with Gasteiger partial charge in [-0.05, 0) is 96.4 Å². The molecule has 0 amide bonds. The van der Waals surface area contributed by atoms with Gasteiger partial charge in [-0.25, -0.2) is 14.0 Å². The van der Waals surface area contributed by atoms with Crippen LogP contribution in [-0.2, 0) is 22.5 Å². The topological polar surface area (TPSA) is 110 Å². The van der Waals surface area contributed by atoms with E-state index < -0.39 is 29.7 Å². The minimum absolute atomic E-state index is 0.0817. The zero-order chi connectivity index (χ0) is 35.4. The molecule has 0 radical (unpaired) electrons. The number of carbonyl (C=O) groups excluding carboxylic acids is 1. The molecule has 12 heteroatoms. The standard InChI is InChI=1S/C38H38Cl2FN3O6/c1-48-33-9-7-24(16-34(33)49-2)28(17-30-31(39)19-42-20-32(30)40)29-14-22(6-8-27(29)37(45)46)18-43-36(25-4-3-5-26(41)15-25)38(47)50-35-21-44-12-10-23(35)11-13-44/h3-9,14-16,19-20,23,28,35-36,43H,10-13,17-18,21H2,1-2H3,(H,45,46)/t28-,35-,36?/m0/s1. The van der Waals surface area contributed by atoms with Gasteiger partial charge in [0.05, 0.1) is 29.8 Å². The van der Waals surface area contributed by atoms with Crippen LogP contribution in [0.4, 0.5) is 4.39 Å². The van der Waals surface area contributed by atoms with E-state index in [1.807, 2.05) is 6.07 Å². The van der Waals surface area contributed by atoms with Gasteiger partial charge in [0.25, 0.3) is 0 Å². The van der Waals surface area contributed by atoms with Crippen LogP contribution in [0.3, 0.4) is 0 Å². The van der Waals surface area contributed by atoms with Crippen molar-refractivity contribution in [2.24, 2.45) is 5.92 Å². The third-order valence-electron chi connectivity index (χ3n) is 9.68. The second-order valence-electron chi connectivity index (χ2n) is 12.7. The van der Waals surface area contributed by atoms with E-state index >= 15 is 0 Å². The number of aromatic nitrogens is 1. The van der Waals surface area contributed by atoms with Crippen LogP contribution in [0.1, 0.15) is 63.0 Å². The van der Waals surface area contributed by atoms with Gasteiger partial charge in [0.15, 0.2) is 11.5 Å². The van der Waals surface area contributed by atoms with Crippen LogP contribution >= 0.6 is 23.2 Å². The fourth-order valence-corrected chi connectivity index (χ4v) is 7.54. The molecule has 4 heterocycles. The zero-order valence-corrected chi connectivity index (χ0v) is 29.2. The summed E-state index contributed by atoms with van der Waals surface area (Å²) in [5, 5.41) is 14.3. The minimum atomic E-state index is -1.12. The lowest BCUT2D eigenvalue weighted by molar-refractivity contribution is -0.161. The van der Waals surface area contributed by atoms with Crippen molar-refractivity contribution in [1.29, 1.82) is 0 Å². The third-order valence-corrected chi connectivity index (χ3v) is 10.3. The number of carboxylic acid groups (broad SMARTS) is 1. The first-order valence-electron chi connectivity index (χ1n) is 16.4. The number of aromatic carboxylic acids is 1. The maximum atomic E-state index is 14.4. The van der Waals surface area contributed by atoms with Crippen LogP contribution in [0.25, 0.3) is 0 Å². The van der Waals surface area contributed by atoms with E-state index in [1.165, 1.54) is 38.7 Å². The number of piperidine rings is 3. The first-order chi connectivity index (χ1) is 24.1. The molecule has 50 heavy (non-hydrogen) atoms. The highest BCUT2D eigenvalue weighted by Gasteiger charge is 2.38. The normalized spacial score (nSPS) is 19.4. The van der Waals surface area contributed by atoms with Crippen molar-refractivity contribution in [3.8, 4) is 11.5 Å². The molecule has 0 spiro atoms. The van der Waals surface area contributed by atoms with Crippen molar-refractivity contribution in [3.05, 3.63) is 122 Å². The molecule has 3 atom stereocenters. The summed E-state index contributed by atoms with van der Waals surface area (Å²) in [6, 6.07) is 15.4.